The average Bonchev–Trinajstić information content (AvgIpc) is 2.32. The van der Waals surface area contributed by atoms with E-state index in [1.807, 2.05) is 45.9 Å². The molecule has 0 radical (unpaired) electrons. The lowest BCUT2D eigenvalue weighted by Gasteiger charge is -2.19. The quantitative estimate of drug-likeness (QED) is 0.829. The number of nitrogens with one attached hydrogen (secondary N) is 1. The fourth-order valence-electron chi connectivity index (χ4n) is 1.56. The molecule has 4 heteroatoms. The highest BCUT2D eigenvalue weighted by Crippen LogP contribution is 2.14. The van der Waals surface area contributed by atoms with Gasteiger partial charge in [0.2, 0.25) is 5.91 Å². The first-order chi connectivity index (χ1) is 9.30. The van der Waals surface area contributed by atoms with E-state index >= 15 is 0 Å². The minimum Gasteiger partial charge on any atom is -0.366 e. The summed E-state index contributed by atoms with van der Waals surface area (Å²) in [5.74, 6) is 5.58. The van der Waals surface area contributed by atoms with Crippen LogP contribution in [0.25, 0.3) is 0 Å². The van der Waals surface area contributed by atoms with Gasteiger partial charge in [0.1, 0.15) is 6.61 Å². The van der Waals surface area contributed by atoms with Crippen molar-refractivity contribution in [2.45, 2.75) is 33.3 Å². The van der Waals surface area contributed by atoms with Crippen molar-refractivity contribution in [1.29, 1.82) is 0 Å². The molecule has 0 atom stereocenters. The molecule has 0 aliphatic heterocycles. The third kappa shape index (κ3) is 6.37. The molecular weight excluding hydrogens is 252 g/mol. The molecule has 1 aromatic carbocycles. The van der Waals surface area contributed by atoms with Crippen LogP contribution in [-0.2, 0) is 9.53 Å². The zero-order chi connectivity index (χ0) is 15.2. The molecule has 0 unspecified atom stereocenters. The predicted molar refractivity (Wildman–Crippen MR) is 81.4 cm³/mol. The fourth-order valence-corrected chi connectivity index (χ4v) is 1.56. The van der Waals surface area contributed by atoms with Crippen LogP contribution >= 0.6 is 0 Å². The monoisotopic (exact) mass is 274 g/mol. The largest absolute Gasteiger partial charge is 0.366 e. The van der Waals surface area contributed by atoms with E-state index in [4.69, 9.17) is 10.5 Å². The highest BCUT2D eigenvalue weighted by atomic mass is 16.5. The van der Waals surface area contributed by atoms with Crippen molar-refractivity contribution in [2.24, 2.45) is 5.73 Å². The number of ether oxygens (including phenoxy) is 1. The number of benzene rings is 1. The lowest BCUT2D eigenvalue weighted by Crippen LogP contribution is -2.27. The fraction of sp³-hybridized carbons (Fsp3) is 0.438. The maximum Gasteiger partial charge on any atom is 0.250 e. The van der Waals surface area contributed by atoms with Gasteiger partial charge in [0.15, 0.2) is 0 Å². The lowest BCUT2D eigenvalue weighted by molar-refractivity contribution is -0.125. The number of carbonyl (C=O) groups excluding carboxylic acids is 1. The summed E-state index contributed by atoms with van der Waals surface area (Å²) in [5, 5.41) is 2.81. The Kier molecular flexibility index (Phi) is 5.75. The van der Waals surface area contributed by atoms with E-state index in [-0.39, 0.29) is 18.1 Å². The van der Waals surface area contributed by atoms with Gasteiger partial charge in [0.05, 0.1) is 12.1 Å². The Morgan fingerprint density at radius 2 is 2.05 bits per heavy atom. The highest BCUT2D eigenvalue weighted by Gasteiger charge is 2.13. The van der Waals surface area contributed by atoms with Crippen molar-refractivity contribution in [3.63, 3.8) is 0 Å². The molecule has 1 amide bonds. The van der Waals surface area contributed by atoms with Gasteiger partial charge in [-0.2, -0.15) is 0 Å². The summed E-state index contributed by atoms with van der Waals surface area (Å²) < 4.78 is 5.43. The summed E-state index contributed by atoms with van der Waals surface area (Å²) >= 11 is 0. The molecule has 0 aliphatic carbocycles. The van der Waals surface area contributed by atoms with Crippen molar-refractivity contribution >= 4 is 11.6 Å². The van der Waals surface area contributed by atoms with E-state index < -0.39 is 0 Å². The van der Waals surface area contributed by atoms with Crippen molar-refractivity contribution in [1.82, 2.24) is 0 Å². The number of carbonyl (C=O) groups is 1. The van der Waals surface area contributed by atoms with E-state index in [0.717, 1.165) is 11.1 Å². The van der Waals surface area contributed by atoms with Gasteiger partial charge in [-0.15, -0.1) is 0 Å². The van der Waals surface area contributed by atoms with Crippen molar-refractivity contribution in [3.05, 3.63) is 29.3 Å². The molecule has 0 fully saturated rings. The van der Waals surface area contributed by atoms with Crippen LogP contribution in [0.15, 0.2) is 18.2 Å². The van der Waals surface area contributed by atoms with Crippen LogP contribution in [0.1, 0.15) is 31.9 Å². The van der Waals surface area contributed by atoms with Crippen LogP contribution in [0.4, 0.5) is 5.69 Å². The summed E-state index contributed by atoms with van der Waals surface area (Å²) in [6, 6.07) is 5.66. The first-order valence-electron chi connectivity index (χ1n) is 6.54. The van der Waals surface area contributed by atoms with Crippen LogP contribution < -0.4 is 11.1 Å². The maximum atomic E-state index is 11.8. The third-order valence-electron chi connectivity index (χ3n) is 2.33. The molecule has 20 heavy (non-hydrogen) atoms. The predicted octanol–water partition coefficient (Wildman–Crippen LogP) is 2.06. The number of nitrogens with two attached hydrogens (primary N) is 1. The normalized spacial score (nSPS) is 10.7. The maximum absolute atomic E-state index is 11.8. The zero-order valence-electron chi connectivity index (χ0n) is 12.5. The second-order valence-corrected chi connectivity index (χ2v) is 5.54. The Labute approximate surface area is 120 Å². The number of aryl methyl sites for hydroxylation is 1. The van der Waals surface area contributed by atoms with Crippen molar-refractivity contribution in [2.75, 3.05) is 18.5 Å². The minimum absolute atomic E-state index is 0.0290. The van der Waals surface area contributed by atoms with Crippen molar-refractivity contribution in [3.8, 4) is 11.8 Å². The van der Waals surface area contributed by atoms with Crippen LogP contribution in [0.3, 0.4) is 0 Å². The summed E-state index contributed by atoms with van der Waals surface area (Å²) in [7, 11) is 0. The Morgan fingerprint density at radius 1 is 1.35 bits per heavy atom. The molecule has 1 aromatic rings. The number of anilines is 1. The van der Waals surface area contributed by atoms with E-state index in [0.29, 0.717) is 12.2 Å². The van der Waals surface area contributed by atoms with Gasteiger partial charge >= 0.3 is 0 Å². The van der Waals surface area contributed by atoms with E-state index in [2.05, 4.69) is 17.2 Å². The molecule has 0 bridgehead atoms. The molecule has 1 rings (SSSR count). The average molecular weight is 274 g/mol. The first kappa shape index (κ1) is 16.2. The van der Waals surface area contributed by atoms with Gasteiger partial charge < -0.3 is 15.8 Å². The highest BCUT2D eigenvalue weighted by molar-refractivity contribution is 5.92. The Hall–Kier alpha value is -1.83. The molecule has 4 nitrogen and oxygen atoms in total. The van der Waals surface area contributed by atoms with E-state index in [1.165, 1.54) is 0 Å². The summed E-state index contributed by atoms with van der Waals surface area (Å²) in [4.78, 5) is 11.8. The molecular formula is C16H22N2O2. The number of hydrogen-bond acceptors (Lipinski definition) is 3. The van der Waals surface area contributed by atoms with Gasteiger partial charge in [-0.3, -0.25) is 4.79 Å². The second-order valence-electron chi connectivity index (χ2n) is 5.54. The molecule has 0 spiro atoms. The van der Waals surface area contributed by atoms with Gasteiger partial charge in [-0.1, -0.05) is 11.8 Å². The second kappa shape index (κ2) is 7.09. The van der Waals surface area contributed by atoms with E-state index in [9.17, 15) is 4.79 Å². The van der Waals surface area contributed by atoms with Crippen LogP contribution in [-0.4, -0.2) is 24.7 Å². The number of hydrogen-bond donors (Lipinski definition) is 2. The van der Waals surface area contributed by atoms with Crippen LogP contribution in [0.2, 0.25) is 0 Å². The minimum atomic E-state index is -0.332. The SMILES string of the molecule is Cc1cc(C#CCN)cc(NC(=O)COC(C)(C)C)c1. The van der Waals surface area contributed by atoms with Crippen LogP contribution in [0, 0.1) is 18.8 Å². The van der Waals surface area contributed by atoms with Gasteiger partial charge in [-0.25, -0.2) is 0 Å². The van der Waals surface area contributed by atoms with Crippen LogP contribution in [0.5, 0.6) is 0 Å². The molecule has 3 N–H and O–H groups in total. The lowest BCUT2D eigenvalue weighted by atomic mass is 10.1. The van der Waals surface area contributed by atoms with Gasteiger partial charge in [0, 0.05) is 11.3 Å². The molecule has 0 aliphatic rings. The summed E-state index contributed by atoms with van der Waals surface area (Å²) in [5.41, 5.74) is 7.60. The Morgan fingerprint density at radius 3 is 2.65 bits per heavy atom. The standard InChI is InChI=1S/C16H22N2O2/c1-12-8-13(6-5-7-17)10-14(9-12)18-15(19)11-20-16(2,3)4/h8-10H,7,11,17H2,1-4H3,(H,18,19). The number of rotatable bonds is 3. The zero-order valence-corrected chi connectivity index (χ0v) is 12.5. The molecule has 0 heterocycles. The topological polar surface area (TPSA) is 64.3 Å². The smallest absolute Gasteiger partial charge is 0.250 e. The Balaban J connectivity index is 2.72. The van der Waals surface area contributed by atoms with Gasteiger partial charge in [-0.05, 0) is 51.5 Å². The molecule has 0 saturated carbocycles. The van der Waals surface area contributed by atoms with E-state index in [1.54, 1.807) is 0 Å². The first-order valence-corrected chi connectivity index (χ1v) is 6.54. The summed E-state index contributed by atoms with van der Waals surface area (Å²) in [6.07, 6.45) is 0. The van der Waals surface area contributed by atoms with Crippen molar-refractivity contribution < 1.29 is 9.53 Å². The third-order valence-corrected chi connectivity index (χ3v) is 2.33. The molecule has 0 saturated heterocycles. The number of amides is 1. The Bertz CT molecular complexity index is 534. The van der Waals surface area contributed by atoms with Gasteiger partial charge in [0.25, 0.3) is 0 Å². The summed E-state index contributed by atoms with van der Waals surface area (Å²) in [6.45, 7) is 8.03. The molecule has 0 aromatic heterocycles. The molecule has 108 valence electrons.